The number of likely N-dealkylation sites (tertiary alicyclic amines) is 1. The molecule has 0 unspecified atom stereocenters. The maximum absolute atomic E-state index is 12.5. The third-order valence-electron chi connectivity index (χ3n) is 5.69. The van der Waals surface area contributed by atoms with Gasteiger partial charge in [0.25, 0.3) is 0 Å². The molecule has 0 saturated carbocycles. The van der Waals surface area contributed by atoms with Crippen LogP contribution in [0.25, 0.3) is 11.3 Å². The molecule has 2 fully saturated rings. The molecule has 0 spiro atoms. The van der Waals surface area contributed by atoms with Crippen molar-refractivity contribution in [1.82, 2.24) is 25.7 Å². The van der Waals surface area contributed by atoms with Crippen LogP contribution in [0.5, 0.6) is 0 Å². The summed E-state index contributed by atoms with van der Waals surface area (Å²) in [7, 11) is 0. The third kappa shape index (κ3) is 4.25. The van der Waals surface area contributed by atoms with Crippen molar-refractivity contribution in [3.63, 3.8) is 0 Å². The molecule has 28 heavy (non-hydrogen) atoms. The fourth-order valence-corrected chi connectivity index (χ4v) is 4.01. The second-order valence-electron chi connectivity index (χ2n) is 7.61. The van der Waals surface area contributed by atoms with E-state index in [2.05, 4.69) is 20.8 Å². The van der Waals surface area contributed by atoms with Crippen LogP contribution in [-0.4, -0.2) is 52.6 Å². The number of rotatable bonds is 5. The molecule has 3 N–H and O–H groups in total. The third-order valence-corrected chi connectivity index (χ3v) is 5.69. The summed E-state index contributed by atoms with van der Waals surface area (Å²) in [5.74, 6) is 0.223. The number of aromatic nitrogens is 2. The normalized spacial score (nSPS) is 20.3. The summed E-state index contributed by atoms with van der Waals surface area (Å²) in [4.78, 5) is 26.9. The van der Waals surface area contributed by atoms with Crippen LogP contribution in [-0.2, 0) is 16.1 Å². The Labute approximate surface area is 164 Å². The first-order valence-electron chi connectivity index (χ1n) is 10.1. The number of H-pyrrole nitrogens is 1. The Hall–Kier alpha value is -2.67. The van der Waals surface area contributed by atoms with Crippen molar-refractivity contribution in [2.24, 2.45) is 5.92 Å². The van der Waals surface area contributed by atoms with E-state index in [1.54, 1.807) is 0 Å². The van der Waals surface area contributed by atoms with Crippen LogP contribution >= 0.6 is 0 Å². The maximum Gasteiger partial charge on any atom is 0.239 e. The molecule has 4 rings (SSSR count). The van der Waals surface area contributed by atoms with E-state index in [1.165, 1.54) is 0 Å². The minimum absolute atomic E-state index is 0.0236. The molecule has 2 aliphatic rings. The van der Waals surface area contributed by atoms with E-state index in [-0.39, 0.29) is 23.8 Å². The lowest BCUT2D eigenvalue weighted by Crippen LogP contribution is -2.48. The van der Waals surface area contributed by atoms with Gasteiger partial charge in [-0.15, -0.1) is 0 Å². The lowest BCUT2D eigenvalue weighted by Gasteiger charge is -2.33. The molecule has 7 nitrogen and oxygen atoms in total. The number of hydrogen-bond donors (Lipinski definition) is 3. The van der Waals surface area contributed by atoms with Gasteiger partial charge in [-0.25, -0.2) is 0 Å². The highest BCUT2D eigenvalue weighted by atomic mass is 16.2. The Morgan fingerprint density at radius 1 is 1.14 bits per heavy atom. The summed E-state index contributed by atoms with van der Waals surface area (Å²) in [5, 5.41) is 13.6. The van der Waals surface area contributed by atoms with Gasteiger partial charge >= 0.3 is 0 Å². The van der Waals surface area contributed by atoms with E-state index >= 15 is 0 Å². The number of nitrogens with one attached hydrogen (secondary N) is 3. The quantitative estimate of drug-likeness (QED) is 0.735. The number of carbonyl (C=O) groups excluding carboxylic acids is 2. The lowest BCUT2D eigenvalue weighted by molar-refractivity contribution is -0.137. The zero-order valence-electron chi connectivity index (χ0n) is 16.0. The first-order chi connectivity index (χ1) is 13.7. The molecule has 2 saturated heterocycles. The zero-order valence-corrected chi connectivity index (χ0v) is 16.0. The van der Waals surface area contributed by atoms with Gasteiger partial charge in [-0.3, -0.25) is 14.7 Å². The molecule has 0 radical (unpaired) electrons. The molecule has 1 atom stereocenters. The molecule has 1 aromatic carbocycles. The topological polar surface area (TPSA) is 90.1 Å². The van der Waals surface area contributed by atoms with Gasteiger partial charge in [0.15, 0.2) is 0 Å². The van der Waals surface area contributed by atoms with Crippen LogP contribution in [0.2, 0.25) is 0 Å². The summed E-state index contributed by atoms with van der Waals surface area (Å²) in [5.41, 5.74) is 2.80. The number of benzene rings is 1. The minimum atomic E-state index is -0.0305. The summed E-state index contributed by atoms with van der Waals surface area (Å²) >= 11 is 0. The van der Waals surface area contributed by atoms with E-state index in [4.69, 9.17) is 0 Å². The van der Waals surface area contributed by atoms with Gasteiger partial charge in [-0.05, 0) is 38.3 Å². The van der Waals surface area contributed by atoms with Crippen molar-refractivity contribution < 1.29 is 9.59 Å². The Kier molecular flexibility index (Phi) is 5.71. The van der Waals surface area contributed by atoms with Gasteiger partial charge in [0.05, 0.1) is 24.0 Å². The van der Waals surface area contributed by atoms with Crippen molar-refractivity contribution >= 4 is 11.8 Å². The van der Waals surface area contributed by atoms with Gasteiger partial charge in [0, 0.05) is 24.6 Å². The van der Waals surface area contributed by atoms with Crippen molar-refractivity contribution in [2.75, 3.05) is 19.6 Å². The van der Waals surface area contributed by atoms with E-state index in [0.717, 1.165) is 49.2 Å². The standard InChI is InChI=1S/C21H27N5O2/c27-20(16-8-11-26(12-9-16)21(28)18-7-4-10-22-18)23-14-17-13-19(25-24-17)15-5-2-1-3-6-15/h1-3,5-6,13,16,18,22H,4,7-12,14H2,(H,23,27)(H,24,25)/t18-/m0/s1. The fourth-order valence-electron chi connectivity index (χ4n) is 4.01. The molecule has 2 amide bonds. The number of carbonyl (C=O) groups is 2. The number of piperidine rings is 1. The highest BCUT2D eigenvalue weighted by molar-refractivity contribution is 5.83. The Morgan fingerprint density at radius 2 is 1.93 bits per heavy atom. The average Bonchev–Trinajstić information content (AvgIpc) is 3.44. The van der Waals surface area contributed by atoms with E-state index in [1.807, 2.05) is 41.3 Å². The maximum atomic E-state index is 12.5. The molecule has 0 aliphatic carbocycles. The van der Waals surface area contributed by atoms with Crippen molar-refractivity contribution in [3.05, 3.63) is 42.1 Å². The molecule has 2 aromatic rings. The van der Waals surface area contributed by atoms with Gasteiger partial charge in [-0.2, -0.15) is 5.10 Å². The SMILES string of the molecule is O=C(NCc1cc(-c2ccccc2)n[nH]1)C1CCN(C(=O)[C@@H]2CCCN2)CC1. The predicted molar refractivity (Wildman–Crippen MR) is 106 cm³/mol. The number of nitrogens with zero attached hydrogens (tertiary/aromatic N) is 2. The van der Waals surface area contributed by atoms with Crippen molar-refractivity contribution in [2.45, 2.75) is 38.3 Å². The van der Waals surface area contributed by atoms with E-state index in [0.29, 0.717) is 19.6 Å². The largest absolute Gasteiger partial charge is 0.350 e. The first kappa shape index (κ1) is 18.7. The molecular formula is C21H27N5O2. The fraction of sp³-hybridized carbons (Fsp3) is 0.476. The van der Waals surface area contributed by atoms with Crippen LogP contribution in [0.3, 0.4) is 0 Å². The van der Waals surface area contributed by atoms with Crippen LogP contribution in [0.4, 0.5) is 0 Å². The zero-order chi connectivity index (χ0) is 19.3. The van der Waals surface area contributed by atoms with Crippen LogP contribution in [0.15, 0.2) is 36.4 Å². The van der Waals surface area contributed by atoms with Crippen molar-refractivity contribution in [1.29, 1.82) is 0 Å². The molecule has 2 aliphatic heterocycles. The Morgan fingerprint density at radius 3 is 2.64 bits per heavy atom. The first-order valence-corrected chi connectivity index (χ1v) is 10.1. The highest BCUT2D eigenvalue weighted by Gasteiger charge is 2.31. The van der Waals surface area contributed by atoms with Crippen LogP contribution < -0.4 is 10.6 Å². The summed E-state index contributed by atoms with van der Waals surface area (Å²) in [6.07, 6.45) is 3.44. The monoisotopic (exact) mass is 381 g/mol. The van der Waals surface area contributed by atoms with Gasteiger partial charge in [0.2, 0.25) is 11.8 Å². The Balaban J connectivity index is 1.24. The van der Waals surface area contributed by atoms with Crippen molar-refractivity contribution in [3.8, 4) is 11.3 Å². The van der Waals surface area contributed by atoms with Crippen LogP contribution in [0.1, 0.15) is 31.4 Å². The van der Waals surface area contributed by atoms with Gasteiger partial charge in [-0.1, -0.05) is 30.3 Å². The smallest absolute Gasteiger partial charge is 0.239 e. The average molecular weight is 381 g/mol. The van der Waals surface area contributed by atoms with E-state index < -0.39 is 0 Å². The summed E-state index contributed by atoms with van der Waals surface area (Å²) in [6.45, 7) is 2.69. The molecule has 7 heteroatoms. The summed E-state index contributed by atoms with van der Waals surface area (Å²) < 4.78 is 0. The number of aromatic amines is 1. The molecule has 3 heterocycles. The number of hydrogen-bond acceptors (Lipinski definition) is 4. The molecule has 148 valence electrons. The lowest BCUT2D eigenvalue weighted by atomic mass is 9.95. The highest BCUT2D eigenvalue weighted by Crippen LogP contribution is 2.20. The molecule has 0 bridgehead atoms. The summed E-state index contributed by atoms with van der Waals surface area (Å²) in [6, 6.07) is 11.9. The second kappa shape index (κ2) is 8.56. The van der Waals surface area contributed by atoms with Gasteiger partial charge in [0.1, 0.15) is 0 Å². The second-order valence-corrected chi connectivity index (χ2v) is 7.61. The minimum Gasteiger partial charge on any atom is -0.350 e. The molecule has 1 aromatic heterocycles. The van der Waals surface area contributed by atoms with Crippen LogP contribution in [0, 0.1) is 5.92 Å². The molecular weight excluding hydrogens is 354 g/mol. The van der Waals surface area contributed by atoms with E-state index in [9.17, 15) is 9.59 Å². The predicted octanol–water partition coefficient (Wildman–Crippen LogP) is 1.68. The number of amides is 2. The van der Waals surface area contributed by atoms with Gasteiger partial charge < -0.3 is 15.5 Å². The Bertz CT molecular complexity index is 805.